The van der Waals surface area contributed by atoms with Gasteiger partial charge >= 0.3 is 0 Å². The number of rotatable bonds is 4. The molecule has 0 aliphatic heterocycles. The summed E-state index contributed by atoms with van der Waals surface area (Å²) in [4.78, 5) is 4.34. The zero-order chi connectivity index (χ0) is 14.2. The molecule has 3 nitrogen and oxygen atoms in total. The van der Waals surface area contributed by atoms with Crippen LogP contribution in [0.4, 0.5) is 15.8 Å². The van der Waals surface area contributed by atoms with Crippen molar-refractivity contribution in [3.63, 3.8) is 0 Å². The predicted molar refractivity (Wildman–Crippen MR) is 82.1 cm³/mol. The summed E-state index contributed by atoms with van der Waals surface area (Å²) in [7, 11) is 6.19. The Morgan fingerprint density at radius 1 is 1.32 bits per heavy atom. The molecule has 0 radical (unpaired) electrons. The van der Waals surface area contributed by atoms with Gasteiger partial charge in [0.05, 0.1) is 15.8 Å². The summed E-state index contributed by atoms with van der Waals surface area (Å²) < 4.78 is 14.1. The SMILES string of the molecule is CN(CC1(N(C)C)CCC1)c1cc(F)c(Br)cc1N. The lowest BCUT2D eigenvalue weighted by atomic mass is 9.75. The van der Waals surface area contributed by atoms with Gasteiger partial charge in [-0.1, -0.05) is 0 Å². The molecule has 5 heteroatoms. The van der Waals surface area contributed by atoms with Crippen molar-refractivity contribution < 1.29 is 4.39 Å². The standard InChI is InChI=1S/C14H21BrFN3/c1-18(2)14(5-4-6-14)9-19(3)13-8-11(16)10(15)7-12(13)17/h7-8H,4-6,9,17H2,1-3H3. The molecule has 0 unspecified atom stereocenters. The Morgan fingerprint density at radius 2 is 1.95 bits per heavy atom. The van der Waals surface area contributed by atoms with E-state index >= 15 is 0 Å². The van der Waals surface area contributed by atoms with E-state index < -0.39 is 0 Å². The number of benzene rings is 1. The number of nitrogen functional groups attached to an aromatic ring is 1. The maximum absolute atomic E-state index is 13.7. The van der Waals surface area contributed by atoms with E-state index in [1.165, 1.54) is 25.3 Å². The molecule has 1 aromatic carbocycles. The minimum Gasteiger partial charge on any atom is -0.397 e. The van der Waals surface area contributed by atoms with Crippen LogP contribution in [0.5, 0.6) is 0 Å². The Kier molecular flexibility index (Phi) is 4.06. The largest absolute Gasteiger partial charge is 0.397 e. The Hall–Kier alpha value is -0.810. The van der Waals surface area contributed by atoms with Crippen LogP contribution in [0.3, 0.4) is 0 Å². The first kappa shape index (κ1) is 14.6. The number of hydrogen-bond acceptors (Lipinski definition) is 3. The maximum atomic E-state index is 13.7. The van der Waals surface area contributed by atoms with Crippen molar-refractivity contribution in [2.75, 3.05) is 38.3 Å². The van der Waals surface area contributed by atoms with E-state index in [-0.39, 0.29) is 11.4 Å². The van der Waals surface area contributed by atoms with Gasteiger partial charge in [-0.3, -0.25) is 0 Å². The minimum atomic E-state index is -0.274. The Bertz CT molecular complexity index is 472. The summed E-state index contributed by atoms with van der Waals surface area (Å²) in [5.74, 6) is -0.274. The third-order valence-electron chi connectivity index (χ3n) is 4.25. The fourth-order valence-corrected chi connectivity index (χ4v) is 3.10. The van der Waals surface area contributed by atoms with E-state index in [1.807, 2.05) is 7.05 Å². The summed E-state index contributed by atoms with van der Waals surface area (Å²) in [5, 5.41) is 0. The van der Waals surface area contributed by atoms with E-state index in [0.717, 1.165) is 12.2 Å². The van der Waals surface area contributed by atoms with Crippen LogP contribution in [-0.4, -0.2) is 38.1 Å². The molecule has 0 spiro atoms. The highest BCUT2D eigenvalue weighted by Gasteiger charge is 2.40. The van der Waals surface area contributed by atoms with Crippen molar-refractivity contribution in [3.05, 3.63) is 22.4 Å². The normalized spacial score (nSPS) is 17.4. The smallest absolute Gasteiger partial charge is 0.139 e. The molecule has 0 atom stereocenters. The van der Waals surface area contributed by atoms with E-state index in [1.54, 1.807) is 6.07 Å². The number of anilines is 2. The lowest BCUT2D eigenvalue weighted by Gasteiger charge is -2.49. The third-order valence-corrected chi connectivity index (χ3v) is 4.85. The fraction of sp³-hybridized carbons (Fsp3) is 0.571. The molecule has 0 heterocycles. The van der Waals surface area contributed by atoms with Crippen LogP contribution in [0, 0.1) is 5.82 Å². The summed E-state index contributed by atoms with van der Waals surface area (Å²) >= 11 is 3.16. The molecule has 1 saturated carbocycles. The van der Waals surface area contributed by atoms with Crippen molar-refractivity contribution in [1.82, 2.24) is 4.90 Å². The minimum absolute atomic E-state index is 0.199. The molecule has 0 saturated heterocycles. The summed E-state index contributed by atoms with van der Waals surface area (Å²) in [6, 6.07) is 3.13. The predicted octanol–water partition coefficient (Wildman–Crippen LogP) is 3.09. The number of hydrogen-bond donors (Lipinski definition) is 1. The van der Waals surface area contributed by atoms with Gasteiger partial charge in [-0.2, -0.15) is 0 Å². The van der Waals surface area contributed by atoms with Crippen LogP contribution in [0.15, 0.2) is 16.6 Å². The molecule has 0 amide bonds. The van der Waals surface area contributed by atoms with Gasteiger partial charge in [-0.15, -0.1) is 0 Å². The van der Waals surface area contributed by atoms with Crippen LogP contribution in [0.25, 0.3) is 0 Å². The quantitative estimate of drug-likeness (QED) is 0.861. The van der Waals surface area contributed by atoms with E-state index in [4.69, 9.17) is 5.73 Å². The van der Waals surface area contributed by atoms with Crippen molar-refractivity contribution >= 4 is 27.3 Å². The molecule has 19 heavy (non-hydrogen) atoms. The molecular formula is C14H21BrFN3. The molecule has 2 rings (SSSR count). The lowest BCUT2D eigenvalue weighted by molar-refractivity contribution is 0.0683. The molecule has 1 aliphatic rings. The zero-order valence-electron chi connectivity index (χ0n) is 11.7. The first-order valence-electron chi connectivity index (χ1n) is 6.49. The van der Waals surface area contributed by atoms with Crippen LogP contribution in [0.2, 0.25) is 0 Å². The van der Waals surface area contributed by atoms with Gasteiger partial charge in [0.2, 0.25) is 0 Å². The lowest BCUT2D eigenvalue weighted by Crippen LogP contribution is -2.56. The number of nitrogens with zero attached hydrogens (tertiary/aromatic N) is 2. The van der Waals surface area contributed by atoms with Gasteiger partial charge in [-0.25, -0.2) is 4.39 Å². The second-order valence-corrected chi connectivity index (χ2v) is 6.51. The van der Waals surface area contributed by atoms with Gasteiger partial charge in [0.25, 0.3) is 0 Å². The van der Waals surface area contributed by atoms with Gasteiger partial charge in [0, 0.05) is 25.2 Å². The van der Waals surface area contributed by atoms with Crippen LogP contribution in [-0.2, 0) is 0 Å². The molecule has 2 N–H and O–H groups in total. The van der Waals surface area contributed by atoms with E-state index in [2.05, 4.69) is 39.8 Å². The van der Waals surface area contributed by atoms with Crippen LogP contribution in [0.1, 0.15) is 19.3 Å². The average Bonchev–Trinajstić information content (AvgIpc) is 2.27. The highest BCUT2D eigenvalue weighted by molar-refractivity contribution is 9.10. The summed E-state index contributed by atoms with van der Waals surface area (Å²) in [6.45, 7) is 0.866. The summed E-state index contributed by atoms with van der Waals surface area (Å²) in [5.41, 5.74) is 7.55. The first-order valence-corrected chi connectivity index (χ1v) is 7.28. The molecule has 106 valence electrons. The Labute approximate surface area is 122 Å². The molecular weight excluding hydrogens is 309 g/mol. The van der Waals surface area contributed by atoms with Gasteiger partial charge in [0.15, 0.2) is 0 Å². The number of nitrogens with two attached hydrogens (primary N) is 1. The van der Waals surface area contributed by atoms with Crippen LogP contribution >= 0.6 is 15.9 Å². The average molecular weight is 330 g/mol. The number of likely N-dealkylation sites (N-methyl/N-ethyl adjacent to an activating group) is 2. The van der Waals surface area contributed by atoms with E-state index in [0.29, 0.717) is 10.2 Å². The van der Waals surface area contributed by atoms with E-state index in [9.17, 15) is 4.39 Å². The topological polar surface area (TPSA) is 32.5 Å². The fourth-order valence-electron chi connectivity index (χ4n) is 2.74. The monoisotopic (exact) mass is 329 g/mol. The zero-order valence-corrected chi connectivity index (χ0v) is 13.3. The van der Waals surface area contributed by atoms with Crippen molar-refractivity contribution in [2.24, 2.45) is 0 Å². The second-order valence-electron chi connectivity index (χ2n) is 5.65. The maximum Gasteiger partial charge on any atom is 0.139 e. The van der Waals surface area contributed by atoms with Crippen molar-refractivity contribution in [1.29, 1.82) is 0 Å². The molecule has 0 aromatic heterocycles. The van der Waals surface area contributed by atoms with Gasteiger partial charge in [-0.05, 0) is 55.4 Å². The molecule has 1 fully saturated rings. The Morgan fingerprint density at radius 3 is 2.42 bits per heavy atom. The van der Waals surface area contributed by atoms with Gasteiger partial charge < -0.3 is 15.5 Å². The van der Waals surface area contributed by atoms with Crippen molar-refractivity contribution in [3.8, 4) is 0 Å². The summed E-state index contributed by atoms with van der Waals surface area (Å²) in [6.07, 6.45) is 3.63. The Balaban J connectivity index is 2.20. The highest BCUT2D eigenvalue weighted by atomic mass is 79.9. The third kappa shape index (κ3) is 2.72. The molecule has 1 aromatic rings. The van der Waals surface area contributed by atoms with Gasteiger partial charge in [0.1, 0.15) is 5.82 Å². The second kappa shape index (κ2) is 5.29. The van der Waals surface area contributed by atoms with Crippen LogP contribution < -0.4 is 10.6 Å². The first-order chi connectivity index (χ1) is 8.85. The molecule has 1 aliphatic carbocycles. The van der Waals surface area contributed by atoms with Crippen molar-refractivity contribution in [2.45, 2.75) is 24.8 Å². The number of halogens is 2. The highest BCUT2D eigenvalue weighted by Crippen LogP contribution is 2.38. The molecule has 0 bridgehead atoms.